The smallest absolute Gasteiger partial charge is 0.354 e. The van der Waals surface area contributed by atoms with Gasteiger partial charge in [-0.2, -0.15) is 0 Å². The van der Waals surface area contributed by atoms with Crippen LogP contribution in [0.5, 0.6) is 0 Å². The summed E-state index contributed by atoms with van der Waals surface area (Å²) in [6, 6.07) is 2.40. The molecule has 0 amide bonds. The Labute approximate surface area is 129 Å². The Morgan fingerprint density at radius 1 is 1.45 bits per heavy atom. The molecule has 1 aliphatic heterocycles. The Morgan fingerprint density at radius 3 is 2.64 bits per heavy atom. The van der Waals surface area contributed by atoms with Crippen LogP contribution >= 0.6 is 0 Å². The minimum absolute atomic E-state index is 0.0626. The third-order valence-electron chi connectivity index (χ3n) is 3.60. The van der Waals surface area contributed by atoms with E-state index < -0.39 is 21.5 Å². The number of nitrogens with zero attached hydrogens (tertiary/aromatic N) is 1. The maximum absolute atomic E-state index is 12.5. The second kappa shape index (κ2) is 6.55. The topological polar surface area (TPSA) is 106 Å². The molecule has 1 aromatic heterocycles. The molecule has 0 spiro atoms. The molecule has 0 atom stereocenters. The first-order chi connectivity index (χ1) is 10.4. The van der Waals surface area contributed by atoms with Gasteiger partial charge < -0.3 is 9.84 Å². The first kappa shape index (κ1) is 16.6. The fourth-order valence-electron chi connectivity index (χ4n) is 2.40. The van der Waals surface area contributed by atoms with Crippen molar-refractivity contribution in [3.63, 3.8) is 0 Å². The maximum Gasteiger partial charge on any atom is 0.354 e. The summed E-state index contributed by atoms with van der Waals surface area (Å²) in [6.45, 7) is 4.64. The molecule has 2 heterocycles. The number of carbonyl (C=O) groups is 1. The molecule has 8 heteroatoms. The molecule has 1 saturated heterocycles. The van der Waals surface area contributed by atoms with Crippen molar-refractivity contribution in [3.8, 4) is 0 Å². The predicted molar refractivity (Wildman–Crippen MR) is 79.1 cm³/mol. The molecule has 0 bridgehead atoms. The van der Waals surface area contributed by atoms with Crippen molar-refractivity contribution >= 4 is 16.0 Å². The van der Waals surface area contributed by atoms with Crippen LogP contribution in [-0.4, -0.2) is 43.2 Å². The highest BCUT2D eigenvalue weighted by Crippen LogP contribution is 2.27. The molecule has 2 rings (SSSR count). The minimum atomic E-state index is -3.79. The number of nitrogens with one attached hydrogen (secondary N) is 1. The lowest BCUT2D eigenvalue weighted by Crippen LogP contribution is -2.51. The van der Waals surface area contributed by atoms with Gasteiger partial charge in [-0.3, -0.25) is 0 Å². The summed E-state index contributed by atoms with van der Waals surface area (Å²) in [5.74, 6) is -1.20. The van der Waals surface area contributed by atoms with Gasteiger partial charge in [0, 0.05) is 24.9 Å². The Balaban J connectivity index is 2.24. The number of hydrogen-bond acceptors (Lipinski definition) is 5. The number of carboxylic acids is 1. The van der Waals surface area contributed by atoms with E-state index in [0.29, 0.717) is 32.5 Å². The van der Waals surface area contributed by atoms with E-state index in [-0.39, 0.29) is 10.6 Å². The van der Waals surface area contributed by atoms with E-state index >= 15 is 0 Å². The number of carboxylic acid groups (broad SMARTS) is 1. The van der Waals surface area contributed by atoms with Crippen LogP contribution in [0.2, 0.25) is 0 Å². The van der Waals surface area contributed by atoms with Crippen LogP contribution in [-0.2, 0) is 14.8 Å². The second-order valence-electron chi connectivity index (χ2n) is 5.18. The molecule has 1 aliphatic rings. The van der Waals surface area contributed by atoms with Crippen LogP contribution in [0.1, 0.15) is 29.8 Å². The average molecular weight is 326 g/mol. The van der Waals surface area contributed by atoms with E-state index in [4.69, 9.17) is 9.84 Å². The number of pyridine rings is 1. The minimum Gasteiger partial charge on any atom is -0.477 e. The molecule has 120 valence electrons. The fraction of sp³-hybridized carbons (Fsp3) is 0.429. The quantitative estimate of drug-likeness (QED) is 0.761. The Hall–Kier alpha value is -1.77. The lowest BCUT2D eigenvalue weighted by atomic mass is 9.88. The SMILES string of the molecule is C=CCC1(NS(=O)(=O)c2ccc(C(=O)O)nc2)CCOCC1. The van der Waals surface area contributed by atoms with E-state index in [1.54, 1.807) is 6.08 Å². The number of aromatic carboxylic acids is 1. The lowest BCUT2D eigenvalue weighted by molar-refractivity contribution is 0.0481. The van der Waals surface area contributed by atoms with Crippen molar-refractivity contribution in [3.05, 3.63) is 36.7 Å². The molecule has 0 unspecified atom stereocenters. The van der Waals surface area contributed by atoms with Gasteiger partial charge in [-0.15, -0.1) is 6.58 Å². The van der Waals surface area contributed by atoms with Gasteiger partial charge in [0.25, 0.3) is 0 Å². The fourth-order valence-corrected chi connectivity index (χ4v) is 3.81. The third-order valence-corrected chi connectivity index (χ3v) is 5.17. The Bertz CT molecular complexity index is 648. The van der Waals surface area contributed by atoms with Crippen LogP contribution in [0.4, 0.5) is 0 Å². The van der Waals surface area contributed by atoms with E-state index in [1.807, 2.05) is 0 Å². The van der Waals surface area contributed by atoms with Crippen LogP contribution in [0.25, 0.3) is 0 Å². The summed E-state index contributed by atoms with van der Waals surface area (Å²) >= 11 is 0. The molecule has 0 radical (unpaired) electrons. The van der Waals surface area contributed by atoms with E-state index in [2.05, 4.69) is 16.3 Å². The van der Waals surface area contributed by atoms with Gasteiger partial charge in [-0.25, -0.2) is 22.9 Å². The van der Waals surface area contributed by atoms with Crippen molar-refractivity contribution in [2.24, 2.45) is 0 Å². The normalized spacial score (nSPS) is 17.8. The van der Waals surface area contributed by atoms with Crippen LogP contribution in [0.15, 0.2) is 35.9 Å². The molecule has 22 heavy (non-hydrogen) atoms. The average Bonchev–Trinajstić information content (AvgIpc) is 2.48. The van der Waals surface area contributed by atoms with Gasteiger partial charge in [-0.05, 0) is 31.4 Å². The standard InChI is InChI=1S/C14H18N2O5S/c1-2-5-14(6-8-21-9-7-14)16-22(19,20)11-3-4-12(13(17)18)15-10-11/h2-4,10,16H,1,5-9H2,(H,17,18). The molecule has 0 saturated carbocycles. The number of sulfonamides is 1. The summed E-state index contributed by atoms with van der Waals surface area (Å²) in [5, 5.41) is 8.80. The summed E-state index contributed by atoms with van der Waals surface area (Å²) < 4.78 is 33.0. The van der Waals surface area contributed by atoms with Crippen molar-refractivity contribution in [2.45, 2.75) is 29.7 Å². The summed E-state index contributed by atoms with van der Waals surface area (Å²) in [6.07, 6.45) is 4.33. The van der Waals surface area contributed by atoms with Crippen molar-refractivity contribution in [1.82, 2.24) is 9.71 Å². The Kier molecular flexibility index (Phi) is 4.94. The first-order valence-corrected chi connectivity index (χ1v) is 8.29. The lowest BCUT2D eigenvalue weighted by Gasteiger charge is -2.36. The van der Waals surface area contributed by atoms with Crippen molar-refractivity contribution < 1.29 is 23.1 Å². The summed E-state index contributed by atoms with van der Waals surface area (Å²) in [5.41, 5.74) is -0.824. The van der Waals surface area contributed by atoms with Gasteiger partial charge >= 0.3 is 5.97 Å². The number of hydrogen-bond donors (Lipinski definition) is 2. The monoisotopic (exact) mass is 326 g/mol. The van der Waals surface area contributed by atoms with E-state index in [1.165, 1.54) is 12.1 Å². The Morgan fingerprint density at radius 2 is 2.14 bits per heavy atom. The van der Waals surface area contributed by atoms with E-state index in [0.717, 1.165) is 6.20 Å². The molecule has 0 aliphatic carbocycles. The summed E-state index contributed by atoms with van der Waals surface area (Å²) in [4.78, 5) is 14.3. The molecule has 1 aromatic rings. The van der Waals surface area contributed by atoms with Crippen molar-refractivity contribution in [1.29, 1.82) is 0 Å². The van der Waals surface area contributed by atoms with Crippen LogP contribution in [0, 0.1) is 0 Å². The largest absolute Gasteiger partial charge is 0.477 e. The molecular weight excluding hydrogens is 308 g/mol. The number of rotatable bonds is 6. The molecule has 0 aromatic carbocycles. The highest BCUT2D eigenvalue weighted by molar-refractivity contribution is 7.89. The predicted octanol–water partition coefficient (Wildman–Crippen LogP) is 1.18. The maximum atomic E-state index is 12.5. The first-order valence-electron chi connectivity index (χ1n) is 6.80. The molecule has 1 fully saturated rings. The van der Waals surface area contributed by atoms with Gasteiger partial charge in [0.05, 0.1) is 0 Å². The van der Waals surface area contributed by atoms with Gasteiger partial charge in [0.1, 0.15) is 10.6 Å². The zero-order valence-electron chi connectivity index (χ0n) is 12.0. The summed E-state index contributed by atoms with van der Waals surface area (Å²) in [7, 11) is -3.79. The van der Waals surface area contributed by atoms with Crippen molar-refractivity contribution in [2.75, 3.05) is 13.2 Å². The van der Waals surface area contributed by atoms with Gasteiger partial charge in [-0.1, -0.05) is 6.08 Å². The number of aromatic nitrogens is 1. The second-order valence-corrected chi connectivity index (χ2v) is 6.86. The van der Waals surface area contributed by atoms with Gasteiger partial charge in [0.15, 0.2) is 0 Å². The molecule has 7 nitrogen and oxygen atoms in total. The molecule has 2 N–H and O–H groups in total. The zero-order valence-corrected chi connectivity index (χ0v) is 12.8. The number of ether oxygens (including phenoxy) is 1. The van der Waals surface area contributed by atoms with Crippen LogP contribution in [0.3, 0.4) is 0 Å². The zero-order chi connectivity index (χ0) is 16.2. The highest BCUT2D eigenvalue weighted by atomic mass is 32.2. The third kappa shape index (κ3) is 3.70. The van der Waals surface area contributed by atoms with Crippen LogP contribution < -0.4 is 4.72 Å². The van der Waals surface area contributed by atoms with E-state index in [9.17, 15) is 13.2 Å². The highest BCUT2D eigenvalue weighted by Gasteiger charge is 2.36. The van der Waals surface area contributed by atoms with Gasteiger partial charge in [0.2, 0.25) is 10.0 Å². The molecular formula is C14H18N2O5S.